The third kappa shape index (κ3) is 2.91. The molecule has 1 saturated carbocycles. The molecule has 5 nitrogen and oxygen atoms in total. The van der Waals surface area contributed by atoms with Gasteiger partial charge in [0.15, 0.2) is 0 Å². The predicted molar refractivity (Wildman–Crippen MR) is 69.2 cm³/mol. The van der Waals surface area contributed by atoms with Gasteiger partial charge in [0.1, 0.15) is 11.9 Å². The third-order valence-corrected chi connectivity index (χ3v) is 3.30. The first-order valence-electron chi connectivity index (χ1n) is 5.94. The standard InChI is InChI=1S/C12H15ClN2O3/c1-2-14-8-5-10(6-8)18-12-4-3-9(15(16)17)7-11(12)13/h3-4,7-8,10,14H,2,5-6H2,1H3. The minimum atomic E-state index is -0.472. The van der Waals surface area contributed by atoms with Crippen LogP contribution in [0, 0.1) is 10.1 Å². The van der Waals surface area contributed by atoms with Gasteiger partial charge in [-0.1, -0.05) is 18.5 Å². The zero-order valence-corrected chi connectivity index (χ0v) is 10.8. The molecule has 1 N–H and O–H groups in total. The number of nitrogens with zero attached hydrogens (tertiary/aromatic N) is 1. The monoisotopic (exact) mass is 270 g/mol. The summed E-state index contributed by atoms with van der Waals surface area (Å²) in [5, 5.41) is 14.2. The van der Waals surface area contributed by atoms with E-state index in [2.05, 4.69) is 12.2 Å². The average molecular weight is 271 g/mol. The van der Waals surface area contributed by atoms with Gasteiger partial charge in [-0.05, 0) is 25.5 Å². The van der Waals surface area contributed by atoms with E-state index in [1.165, 1.54) is 12.1 Å². The number of halogens is 1. The number of nitro benzene ring substituents is 1. The first-order chi connectivity index (χ1) is 8.60. The molecule has 0 atom stereocenters. The van der Waals surface area contributed by atoms with Crippen LogP contribution in [-0.2, 0) is 0 Å². The maximum Gasteiger partial charge on any atom is 0.271 e. The van der Waals surface area contributed by atoms with Crippen LogP contribution in [0.1, 0.15) is 19.8 Å². The van der Waals surface area contributed by atoms with Crippen LogP contribution in [0.25, 0.3) is 0 Å². The minimum Gasteiger partial charge on any atom is -0.489 e. The molecule has 0 aromatic heterocycles. The van der Waals surface area contributed by atoms with E-state index in [-0.39, 0.29) is 16.8 Å². The number of hydrogen-bond acceptors (Lipinski definition) is 4. The number of hydrogen-bond donors (Lipinski definition) is 1. The minimum absolute atomic E-state index is 0.0218. The summed E-state index contributed by atoms with van der Waals surface area (Å²) in [6.45, 7) is 3.02. The number of non-ortho nitro benzene ring substituents is 1. The summed E-state index contributed by atoms with van der Waals surface area (Å²) in [7, 11) is 0. The number of benzene rings is 1. The molecule has 2 rings (SSSR count). The van der Waals surface area contributed by atoms with E-state index in [0.29, 0.717) is 11.8 Å². The lowest BCUT2D eigenvalue weighted by Gasteiger charge is -2.35. The van der Waals surface area contributed by atoms with Gasteiger partial charge in [-0.3, -0.25) is 10.1 Å². The molecule has 1 aliphatic rings. The average Bonchev–Trinajstić information content (AvgIpc) is 2.28. The van der Waals surface area contributed by atoms with Crippen molar-refractivity contribution in [3.63, 3.8) is 0 Å². The highest BCUT2D eigenvalue weighted by Gasteiger charge is 2.30. The topological polar surface area (TPSA) is 64.4 Å². The normalized spacial score (nSPS) is 22.3. The van der Waals surface area contributed by atoms with Crippen LogP contribution >= 0.6 is 11.6 Å². The molecule has 18 heavy (non-hydrogen) atoms. The predicted octanol–water partition coefficient (Wildman–Crippen LogP) is 2.77. The number of rotatable bonds is 5. The lowest BCUT2D eigenvalue weighted by atomic mass is 9.89. The number of nitrogens with one attached hydrogen (secondary N) is 1. The van der Waals surface area contributed by atoms with E-state index >= 15 is 0 Å². The molecule has 0 aliphatic heterocycles. The lowest BCUT2D eigenvalue weighted by Crippen LogP contribution is -2.46. The Hall–Kier alpha value is -1.33. The smallest absolute Gasteiger partial charge is 0.271 e. The van der Waals surface area contributed by atoms with Crippen LogP contribution < -0.4 is 10.1 Å². The molecule has 1 aromatic rings. The van der Waals surface area contributed by atoms with Crippen LogP contribution in [-0.4, -0.2) is 23.6 Å². The van der Waals surface area contributed by atoms with Crippen molar-refractivity contribution in [2.45, 2.75) is 31.9 Å². The zero-order chi connectivity index (χ0) is 13.1. The van der Waals surface area contributed by atoms with E-state index < -0.39 is 4.92 Å². The summed E-state index contributed by atoms with van der Waals surface area (Å²) in [5.74, 6) is 0.516. The van der Waals surface area contributed by atoms with Crippen LogP contribution in [0.15, 0.2) is 18.2 Å². The summed E-state index contributed by atoms with van der Waals surface area (Å²) in [6.07, 6.45) is 2.04. The van der Waals surface area contributed by atoms with Crippen molar-refractivity contribution >= 4 is 17.3 Å². The van der Waals surface area contributed by atoms with Gasteiger partial charge in [0, 0.05) is 18.2 Å². The van der Waals surface area contributed by atoms with E-state index in [1.807, 2.05) is 0 Å². The van der Waals surface area contributed by atoms with E-state index in [9.17, 15) is 10.1 Å². The van der Waals surface area contributed by atoms with E-state index in [4.69, 9.17) is 16.3 Å². The number of nitro groups is 1. The summed E-state index contributed by atoms with van der Waals surface area (Å²) in [6, 6.07) is 4.79. The second-order valence-electron chi connectivity index (χ2n) is 4.34. The highest BCUT2D eigenvalue weighted by Crippen LogP contribution is 2.33. The molecule has 1 fully saturated rings. The van der Waals surface area contributed by atoms with E-state index in [1.54, 1.807) is 6.07 Å². The van der Waals surface area contributed by atoms with Crippen molar-refractivity contribution in [1.29, 1.82) is 0 Å². The quantitative estimate of drug-likeness (QED) is 0.660. The fourth-order valence-electron chi connectivity index (χ4n) is 2.00. The summed E-state index contributed by atoms with van der Waals surface area (Å²) in [4.78, 5) is 10.1. The van der Waals surface area contributed by atoms with E-state index in [0.717, 1.165) is 19.4 Å². The second kappa shape index (κ2) is 5.54. The first-order valence-corrected chi connectivity index (χ1v) is 6.32. The molecule has 0 unspecified atom stereocenters. The van der Waals surface area contributed by atoms with Gasteiger partial charge in [-0.25, -0.2) is 0 Å². The van der Waals surface area contributed by atoms with Gasteiger partial charge in [-0.15, -0.1) is 0 Å². The molecular weight excluding hydrogens is 256 g/mol. The Kier molecular flexibility index (Phi) is 4.04. The van der Waals surface area contributed by atoms with Gasteiger partial charge in [0.05, 0.1) is 9.95 Å². The maximum absolute atomic E-state index is 10.6. The Morgan fingerprint density at radius 2 is 2.28 bits per heavy atom. The van der Waals surface area contributed by atoms with Crippen LogP contribution in [0.2, 0.25) is 5.02 Å². The van der Waals surface area contributed by atoms with Gasteiger partial charge in [-0.2, -0.15) is 0 Å². The summed E-state index contributed by atoms with van der Waals surface area (Å²) in [5.41, 5.74) is -0.0218. The van der Waals surface area contributed by atoms with Gasteiger partial charge in [0.25, 0.3) is 5.69 Å². The van der Waals surface area contributed by atoms with Crippen molar-refractivity contribution in [2.24, 2.45) is 0 Å². The fourth-order valence-corrected chi connectivity index (χ4v) is 2.21. The Morgan fingerprint density at radius 3 is 2.83 bits per heavy atom. The largest absolute Gasteiger partial charge is 0.489 e. The van der Waals surface area contributed by atoms with Crippen molar-refractivity contribution in [3.8, 4) is 5.75 Å². The summed E-state index contributed by atoms with van der Waals surface area (Å²) < 4.78 is 5.70. The highest BCUT2D eigenvalue weighted by atomic mass is 35.5. The molecule has 0 bridgehead atoms. The van der Waals surface area contributed by atoms with Crippen molar-refractivity contribution in [3.05, 3.63) is 33.3 Å². The zero-order valence-electron chi connectivity index (χ0n) is 10.1. The number of ether oxygens (including phenoxy) is 1. The van der Waals surface area contributed by atoms with Gasteiger partial charge >= 0.3 is 0 Å². The maximum atomic E-state index is 10.6. The van der Waals surface area contributed by atoms with Crippen LogP contribution in [0.3, 0.4) is 0 Å². The molecule has 0 saturated heterocycles. The second-order valence-corrected chi connectivity index (χ2v) is 4.74. The molecule has 0 amide bonds. The molecular formula is C12H15ClN2O3. The Labute approximate surface area is 110 Å². The third-order valence-electron chi connectivity index (χ3n) is 3.01. The molecule has 98 valence electrons. The first kappa shape index (κ1) is 13.1. The molecule has 0 radical (unpaired) electrons. The molecule has 0 spiro atoms. The van der Waals surface area contributed by atoms with Crippen LogP contribution in [0.5, 0.6) is 5.75 Å². The highest BCUT2D eigenvalue weighted by molar-refractivity contribution is 6.32. The molecule has 1 aromatic carbocycles. The Bertz CT molecular complexity index is 447. The molecule has 1 aliphatic carbocycles. The Balaban J connectivity index is 1.93. The Morgan fingerprint density at radius 1 is 1.56 bits per heavy atom. The van der Waals surface area contributed by atoms with Crippen molar-refractivity contribution in [1.82, 2.24) is 5.32 Å². The molecule has 0 heterocycles. The summed E-state index contributed by atoms with van der Waals surface area (Å²) >= 11 is 5.95. The van der Waals surface area contributed by atoms with Gasteiger partial charge in [0.2, 0.25) is 0 Å². The van der Waals surface area contributed by atoms with Crippen molar-refractivity contribution in [2.75, 3.05) is 6.54 Å². The van der Waals surface area contributed by atoms with Gasteiger partial charge < -0.3 is 10.1 Å². The lowest BCUT2D eigenvalue weighted by molar-refractivity contribution is -0.384. The molecule has 6 heteroatoms. The SMILES string of the molecule is CCNC1CC(Oc2ccc([N+](=O)[O-])cc2Cl)C1. The van der Waals surface area contributed by atoms with Crippen LogP contribution in [0.4, 0.5) is 5.69 Å². The van der Waals surface area contributed by atoms with Crippen molar-refractivity contribution < 1.29 is 9.66 Å². The fraction of sp³-hybridized carbons (Fsp3) is 0.500.